The van der Waals surface area contributed by atoms with Crippen molar-refractivity contribution in [3.63, 3.8) is 0 Å². The molecule has 0 aliphatic rings. The summed E-state index contributed by atoms with van der Waals surface area (Å²) < 4.78 is 0.268. The molecule has 0 spiro atoms. The smallest absolute Gasteiger partial charge is 0.306 e. The lowest BCUT2D eigenvalue weighted by Crippen LogP contribution is -2.55. The minimum Gasteiger partial charge on any atom is -0.481 e. The zero-order valence-electron chi connectivity index (χ0n) is 17.9. The number of carboxylic acids is 1. The summed E-state index contributed by atoms with van der Waals surface area (Å²) in [7, 11) is 5.37. The Bertz CT molecular complexity index is 433. The van der Waals surface area contributed by atoms with Crippen molar-refractivity contribution in [3.8, 4) is 0 Å². The average molecular weight is 389 g/mol. The SMILES string of the molecule is CCCCCCCCCCCC(O)CC(=O)[C@@](O)(CC(=O)O)C[N+](C)(C)C. The summed E-state index contributed by atoms with van der Waals surface area (Å²) in [6.45, 7) is 2.21. The quantitative estimate of drug-likeness (QED) is 0.263. The van der Waals surface area contributed by atoms with Gasteiger partial charge in [0.15, 0.2) is 11.4 Å². The Morgan fingerprint density at radius 2 is 1.41 bits per heavy atom. The number of hydrogen-bond acceptors (Lipinski definition) is 4. The average Bonchev–Trinajstić information content (AvgIpc) is 2.50. The van der Waals surface area contributed by atoms with Gasteiger partial charge in [-0.1, -0.05) is 64.7 Å². The number of carbonyl (C=O) groups excluding carboxylic acids is 1. The van der Waals surface area contributed by atoms with Crippen LogP contribution >= 0.6 is 0 Å². The van der Waals surface area contributed by atoms with Gasteiger partial charge in [0, 0.05) is 6.42 Å². The Morgan fingerprint density at radius 3 is 1.85 bits per heavy atom. The first-order valence-corrected chi connectivity index (χ1v) is 10.5. The lowest BCUT2D eigenvalue weighted by Gasteiger charge is -2.34. The fraction of sp³-hybridized carbons (Fsp3) is 0.905. The molecule has 0 saturated carbocycles. The van der Waals surface area contributed by atoms with Gasteiger partial charge < -0.3 is 19.8 Å². The van der Waals surface area contributed by atoms with Crippen LogP contribution < -0.4 is 0 Å². The predicted octanol–water partition coefficient (Wildman–Crippen LogP) is 3.14. The van der Waals surface area contributed by atoms with E-state index in [-0.39, 0.29) is 17.4 Å². The zero-order valence-corrected chi connectivity index (χ0v) is 17.9. The first-order valence-electron chi connectivity index (χ1n) is 10.5. The molecule has 0 aromatic heterocycles. The molecule has 0 saturated heterocycles. The molecule has 0 aromatic rings. The van der Waals surface area contributed by atoms with Crippen molar-refractivity contribution in [3.05, 3.63) is 0 Å². The molecule has 0 rings (SSSR count). The first-order chi connectivity index (χ1) is 12.5. The van der Waals surface area contributed by atoms with Crippen LogP contribution in [-0.4, -0.2) is 70.9 Å². The summed E-state index contributed by atoms with van der Waals surface area (Å²) in [6.07, 6.45) is 9.50. The number of likely N-dealkylation sites (N-methyl/N-ethyl adjacent to an activating group) is 1. The van der Waals surface area contributed by atoms with E-state index in [1.807, 2.05) is 0 Å². The van der Waals surface area contributed by atoms with Crippen LogP contribution in [0.1, 0.15) is 84.0 Å². The van der Waals surface area contributed by atoms with Crippen LogP contribution in [-0.2, 0) is 9.59 Å². The van der Waals surface area contributed by atoms with E-state index in [9.17, 15) is 19.8 Å². The molecule has 0 amide bonds. The Kier molecular flexibility index (Phi) is 12.8. The predicted molar refractivity (Wildman–Crippen MR) is 108 cm³/mol. The standard InChI is InChI=1S/C21H41NO5/c1-5-6-7-8-9-10-11-12-13-14-18(23)15-19(24)21(27,16-20(25)26)17-22(2,3)4/h18,23,27H,5-17H2,1-4H3/p+1/t18?,21-/m1/s1. The van der Waals surface area contributed by atoms with Crippen molar-refractivity contribution in [2.24, 2.45) is 0 Å². The van der Waals surface area contributed by atoms with Gasteiger partial charge in [0.05, 0.1) is 33.7 Å². The van der Waals surface area contributed by atoms with Gasteiger partial charge >= 0.3 is 5.97 Å². The molecule has 27 heavy (non-hydrogen) atoms. The molecule has 6 heteroatoms. The highest BCUT2D eigenvalue weighted by atomic mass is 16.4. The number of ketones is 1. The Hall–Kier alpha value is -0.980. The molecule has 6 nitrogen and oxygen atoms in total. The number of rotatable bonds is 17. The van der Waals surface area contributed by atoms with E-state index in [2.05, 4.69) is 6.92 Å². The number of carboxylic acid groups (broad SMARTS) is 1. The third kappa shape index (κ3) is 13.8. The molecule has 160 valence electrons. The molecule has 0 aromatic carbocycles. The normalized spacial score (nSPS) is 15.3. The highest BCUT2D eigenvalue weighted by Gasteiger charge is 2.43. The Balaban J connectivity index is 4.20. The number of nitrogens with zero attached hydrogens (tertiary/aromatic N) is 1. The van der Waals surface area contributed by atoms with Gasteiger partial charge in [0.25, 0.3) is 0 Å². The van der Waals surface area contributed by atoms with Gasteiger partial charge in [-0.3, -0.25) is 9.59 Å². The molecule has 0 fully saturated rings. The van der Waals surface area contributed by atoms with Crippen molar-refractivity contribution < 1.29 is 29.4 Å². The van der Waals surface area contributed by atoms with E-state index in [1.54, 1.807) is 21.1 Å². The number of Topliss-reactive ketones (excluding diaryl/α,β-unsaturated/α-hetero) is 1. The molecule has 1 unspecified atom stereocenters. The van der Waals surface area contributed by atoms with Crippen molar-refractivity contribution >= 4 is 11.8 Å². The number of carbonyl (C=O) groups is 2. The minimum absolute atomic E-state index is 0.00286. The first kappa shape index (κ1) is 26.0. The van der Waals surface area contributed by atoms with Crippen molar-refractivity contribution in [1.29, 1.82) is 0 Å². The fourth-order valence-electron chi connectivity index (χ4n) is 3.47. The van der Waals surface area contributed by atoms with E-state index in [4.69, 9.17) is 5.11 Å². The van der Waals surface area contributed by atoms with Gasteiger partial charge in [-0.05, 0) is 6.42 Å². The maximum atomic E-state index is 12.5. The van der Waals surface area contributed by atoms with Crippen molar-refractivity contribution in [1.82, 2.24) is 0 Å². The minimum atomic E-state index is -1.94. The van der Waals surface area contributed by atoms with Crippen LogP contribution in [0.3, 0.4) is 0 Å². The van der Waals surface area contributed by atoms with Gasteiger partial charge in [-0.15, -0.1) is 0 Å². The van der Waals surface area contributed by atoms with Crippen LogP contribution in [0.5, 0.6) is 0 Å². The third-order valence-electron chi connectivity index (χ3n) is 4.76. The molecular weight excluding hydrogens is 346 g/mol. The van der Waals surface area contributed by atoms with E-state index in [0.717, 1.165) is 19.3 Å². The molecular formula is C21H42NO5+. The molecule has 0 aliphatic carbocycles. The largest absolute Gasteiger partial charge is 0.481 e. The highest BCUT2D eigenvalue weighted by molar-refractivity contribution is 5.91. The van der Waals surface area contributed by atoms with Crippen LogP contribution in [0.15, 0.2) is 0 Å². The van der Waals surface area contributed by atoms with Crippen molar-refractivity contribution in [2.45, 2.75) is 95.7 Å². The monoisotopic (exact) mass is 388 g/mol. The van der Waals surface area contributed by atoms with Crippen LogP contribution in [0.2, 0.25) is 0 Å². The second-order valence-corrected chi connectivity index (χ2v) is 8.95. The van der Waals surface area contributed by atoms with Crippen LogP contribution in [0.25, 0.3) is 0 Å². The maximum Gasteiger partial charge on any atom is 0.306 e. The van der Waals surface area contributed by atoms with Gasteiger partial charge in [-0.25, -0.2) is 0 Å². The van der Waals surface area contributed by atoms with Crippen LogP contribution in [0, 0.1) is 0 Å². The summed E-state index contributed by atoms with van der Waals surface area (Å²) in [6, 6.07) is 0. The summed E-state index contributed by atoms with van der Waals surface area (Å²) in [5.41, 5.74) is -1.94. The summed E-state index contributed by atoms with van der Waals surface area (Å²) in [5, 5.41) is 29.8. The van der Waals surface area contributed by atoms with Gasteiger partial charge in [0.1, 0.15) is 6.54 Å². The molecule has 2 atom stereocenters. The summed E-state index contributed by atoms with van der Waals surface area (Å²) >= 11 is 0. The number of quaternary nitrogens is 1. The van der Waals surface area contributed by atoms with Gasteiger partial charge in [-0.2, -0.15) is 0 Å². The number of aliphatic hydroxyl groups is 2. The second-order valence-electron chi connectivity index (χ2n) is 8.95. The molecule has 3 N–H and O–H groups in total. The van der Waals surface area contributed by atoms with E-state index in [0.29, 0.717) is 6.42 Å². The van der Waals surface area contributed by atoms with E-state index >= 15 is 0 Å². The second kappa shape index (κ2) is 13.2. The fourth-order valence-corrected chi connectivity index (χ4v) is 3.47. The number of hydrogen-bond donors (Lipinski definition) is 3. The molecule has 0 heterocycles. The van der Waals surface area contributed by atoms with Crippen molar-refractivity contribution in [2.75, 3.05) is 27.7 Å². The lowest BCUT2D eigenvalue weighted by molar-refractivity contribution is -0.875. The number of aliphatic carboxylic acids is 1. The van der Waals surface area contributed by atoms with E-state index < -0.39 is 29.9 Å². The maximum absolute atomic E-state index is 12.5. The summed E-state index contributed by atoms with van der Waals surface area (Å²) in [4.78, 5) is 23.5. The zero-order chi connectivity index (χ0) is 20.9. The van der Waals surface area contributed by atoms with E-state index in [1.165, 1.54) is 38.5 Å². The molecule has 0 bridgehead atoms. The Morgan fingerprint density at radius 1 is 0.926 bits per heavy atom. The molecule has 0 radical (unpaired) electrons. The van der Waals surface area contributed by atoms with Gasteiger partial charge in [0.2, 0.25) is 0 Å². The number of unbranched alkanes of at least 4 members (excludes halogenated alkanes) is 8. The highest BCUT2D eigenvalue weighted by Crippen LogP contribution is 2.20. The molecule has 0 aliphatic heterocycles. The lowest BCUT2D eigenvalue weighted by atomic mass is 9.88. The Labute approximate surface area is 165 Å². The van der Waals surface area contributed by atoms with Crippen LogP contribution in [0.4, 0.5) is 0 Å². The number of aliphatic hydroxyl groups excluding tert-OH is 1. The third-order valence-corrected chi connectivity index (χ3v) is 4.76. The summed E-state index contributed by atoms with van der Waals surface area (Å²) in [5.74, 6) is -1.80. The topological polar surface area (TPSA) is 94.8 Å².